The number of nitriles is 1. The van der Waals surface area contributed by atoms with Gasteiger partial charge in [-0.3, -0.25) is 15.1 Å². The Balaban J connectivity index is 2.10. The Morgan fingerprint density at radius 3 is 2.82 bits per heavy atom. The second-order valence-corrected chi connectivity index (χ2v) is 5.60. The highest BCUT2D eigenvalue weighted by molar-refractivity contribution is 7.99. The van der Waals surface area contributed by atoms with E-state index in [1.165, 1.54) is 17.8 Å². The molecule has 1 heterocycles. The van der Waals surface area contributed by atoms with Gasteiger partial charge in [-0.2, -0.15) is 5.26 Å². The third kappa shape index (κ3) is 2.62. The molecule has 6 heteroatoms. The molecule has 0 unspecified atom stereocenters. The number of hydrogen-bond donors (Lipinski definition) is 0. The number of hydrogen-bond acceptors (Lipinski definition) is 5. The van der Waals surface area contributed by atoms with Crippen LogP contribution < -0.4 is 0 Å². The standard InChI is InChI=1S/C16H9N3O2S/c17-10-11-3-1-4-12(9-11)22-15-7-6-14(19(20)21)13-5-2-8-18-16(13)15/h1-9H. The van der Waals surface area contributed by atoms with E-state index in [-0.39, 0.29) is 5.69 Å². The second kappa shape index (κ2) is 5.84. The molecule has 2 aromatic carbocycles. The Kier molecular flexibility index (Phi) is 3.73. The van der Waals surface area contributed by atoms with E-state index in [2.05, 4.69) is 11.1 Å². The number of nitro groups is 1. The minimum atomic E-state index is -0.408. The maximum Gasteiger partial charge on any atom is 0.278 e. The average Bonchev–Trinajstić information content (AvgIpc) is 2.55. The van der Waals surface area contributed by atoms with Crippen molar-refractivity contribution in [2.75, 3.05) is 0 Å². The second-order valence-electron chi connectivity index (χ2n) is 4.48. The number of nitrogens with zero attached hydrogens (tertiary/aromatic N) is 3. The summed E-state index contributed by atoms with van der Waals surface area (Å²) < 4.78 is 0. The number of aromatic nitrogens is 1. The minimum absolute atomic E-state index is 0.0400. The summed E-state index contributed by atoms with van der Waals surface area (Å²) in [4.78, 5) is 16.7. The van der Waals surface area contributed by atoms with E-state index in [0.717, 1.165) is 9.79 Å². The Bertz CT molecular complexity index is 919. The maximum atomic E-state index is 11.1. The highest BCUT2D eigenvalue weighted by Crippen LogP contribution is 2.36. The molecule has 0 aliphatic rings. The van der Waals surface area contributed by atoms with Crippen molar-refractivity contribution in [3.8, 4) is 6.07 Å². The molecule has 0 radical (unpaired) electrons. The zero-order valence-corrected chi connectivity index (χ0v) is 12.1. The summed E-state index contributed by atoms with van der Waals surface area (Å²) in [5, 5.41) is 20.6. The molecule has 0 atom stereocenters. The van der Waals surface area contributed by atoms with Gasteiger partial charge in [0.25, 0.3) is 5.69 Å². The molecule has 1 aromatic heterocycles. The number of non-ortho nitro benzene ring substituents is 1. The molecule has 0 aliphatic carbocycles. The fourth-order valence-electron chi connectivity index (χ4n) is 2.13. The van der Waals surface area contributed by atoms with Crippen LogP contribution in [-0.2, 0) is 0 Å². The zero-order chi connectivity index (χ0) is 15.5. The van der Waals surface area contributed by atoms with E-state index >= 15 is 0 Å². The normalized spacial score (nSPS) is 10.3. The minimum Gasteiger partial charge on any atom is -0.258 e. The van der Waals surface area contributed by atoms with Gasteiger partial charge in [0.2, 0.25) is 0 Å². The first-order valence-corrected chi connectivity index (χ1v) is 7.21. The van der Waals surface area contributed by atoms with Crippen molar-refractivity contribution in [3.05, 3.63) is 70.4 Å². The fraction of sp³-hybridized carbons (Fsp3) is 0. The predicted octanol–water partition coefficient (Wildman–Crippen LogP) is 4.17. The summed E-state index contributed by atoms with van der Waals surface area (Å²) in [7, 11) is 0. The molecule has 0 fully saturated rings. The Labute approximate surface area is 130 Å². The van der Waals surface area contributed by atoms with Crippen molar-refractivity contribution in [1.29, 1.82) is 5.26 Å². The molecule has 0 saturated carbocycles. The average molecular weight is 307 g/mol. The lowest BCUT2D eigenvalue weighted by Crippen LogP contribution is -1.92. The Morgan fingerprint density at radius 2 is 2.05 bits per heavy atom. The molecular formula is C16H9N3O2S. The van der Waals surface area contributed by atoms with Crippen LogP contribution in [0.4, 0.5) is 5.69 Å². The van der Waals surface area contributed by atoms with E-state index in [1.807, 2.05) is 12.1 Å². The van der Waals surface area contributed by atoms with Crippen molar-refractivity contribution in [2.45, 2.75) is 9.79 Å². The molecule has 3 aromatic rings. The van der Waals surface area contributed by atoms with Crippen LogP contribution in [0.25, 0.3) is 10.9 Å². The van der Waals surface area contributed by atoms with E-state index in [0.29, 0.717) is 16.5 Å². The summed E-state index contributed by atoms with van der Waals surface area (Å²) in [5.74, 6) is 0. The molecule has 106 valence electrons. The molecule has 0 bridgehead atoms. The third-order valence-corrected chi connectivity index (χ3v) is 4.14. The summed E-state index contributed by atoms with van der Waals surface area (Å²) in [6, 6.07) is 15.9. The summed E-state index contributed by atoms with van der Waals surface area (Å²) in [5.41, 5.74) is 1.20. The van der Waals surface area contributed by atoms with Gasteiger partial charge in [0, 0.05) is 22.1 Å². The third-order valence-electron chi connectivity index (χ3n) is 3.10. The van der Waals surface area contributed by atoms with E-state index in [9.17, 15) is 10.1 Å². The van der Waals surface area contributed by atoms with Gasteiger partial charge in [-0.1, -0.05) is 17.8 Å². The molecule has 0 aliphatic heterocycles. The smallest absolute Gasteiger partial charge is 0.258 e. The van der Waals surface area contributed by atoms with Gasteiger partial charge in [-0.15, -0.1) is 0 Å². The summed E-state index contributed by atoms with van der Waals surface area (Å²) >= 11 is 1.43. The molecule has 22 heavy (non-hydrogen) atoms. The number of rotatable bonds is 3. The van der Waals surface area contributed by atoms with Crippen LogP contribution in [0.5, 0.6) is 0 Å². The van der Waals surface area contributed by atoms with E-state index < -0.39 is 4.92 Å². The quantitative estimate of drug-likeness (QED) is 0.536. The molecule has 0 spiro atoms. The van der Waals surface area contributed by atoms with Crippen molar-refractivity contribution >= 4 is 28.4 Å². The first kappa shape index (κ1) is 14.0. The molecular weight excluding hydrogens is 298 g/mol. The lowest BCUT2D eigenvalue weighted by atomic mass is 10.2. The van der Waals surface area contributed by atoms with Gasteiger partial charge in [0.05, 0.1) is 27.5 Å². The lowest BCUT2D eigenvalue weighted by Gasteiger charge is -2.06. The maximum absolute atomic E-state index is 11.1. The fourth-order valence-corrected chi connectivity index (χ4v) is 3.11. The van der Waals surface area contributed by atoms with E-state index in [4.69, 9.17) is 5.26 Å². The monoisotopic (exact) mass is 307 g/mol. The molecule has 0 N–H and O–H groups in total. The van der Waals surface area contributed by atoms with Crippen molar-refractivity contribution in [3.63, 3.8) is 0 Å². The predicted molar refractivity (Wildman–Crippen MR) is 83.7 cm³/mol. The Hall–Kier alpha value is -2.91. The molecule has 0 amide bonds. The van der Waals surface area contributed by atoms with Crippen molar-refractivity contribution in [2.24, 2.45) is 0 Å². The van der Waals surface area contributed by atoms with E-state index in [1.54, 1.807) is 36.5 Å². The van der Waals surface area contributed by atoms with Crippen LogP contribution in [0, 0.1) is 21.4 Å². The lowest BCUT2D eigenvalue weighted by molar-refractivity contribution is -0.383. The topological polar surface area (TPSA) is 79.8 Å². The SMILES string of the molecule is N#Cc1cccc(Sc2ccc([N+](=O)[O-])c3cccnc23)c1. The largest absolute Gasteiger partial charge is 0.278 e. The van der Waals surface area contributed by atoms with Gasteiger partial charge in [-0.05, 0) is 36.4 Å². The van der Waals surface area contributed by atoms with Crippen LogP contribution in [-0.4, -0.2) is 9.91 Å². The molecule has 3 rings (SSSR count). The number of pyridine rings is 1. The number of fused-ring (bicyclic) bond motifs is 1. The highest BCUT2D eigenvalue weighted by Gasteiger charge is 2.15. The van der Waals surface area contributed by atoms with Crippen molar-refractivity contribution < 1.29 is 4.92 Å². The van der Waals surface area contributed by atoms with Gasteiger partial charge in [0.15, 0.2) is 0 Å². The van der Waals surface area contributed by atoms with Crippen molar-refractivity contribution in [1.82, 2.24) is 4.98 Å². The molecule has 5 nitrogen and oxygen atoms in total. The van der Waals surface area contributed by atoms with Gasteiger partial charge in [-0.25, -0.2) is 0 Å². The molecule has 0 saturated heterocycles. The van der Waals surface area contributed by atoms with Crippen LogP contribution in [0.15, 0.2) is 64.5 Å². The number of benzene rings is 2. The van der Waals surface area contributed by atoms with Gasteiger partial charge in [0.1, 0.15) is 0 Å². The van der Waals surface area contributed by atoms with Crippen LogP contribution in [0.2, 0.25) is 0 Å². The van der Waals surface area contributed by atoms with Gasteiger partial charge < -0.3 is 0 Å². The zero-order valence-electron chi connectivity index (χ0n) is 11.3. The van der Waals surface area contributed by atoms with Gasteiger partial charge >= 0.3 is 0 Å². The summed E-state index contributed by atoms with van der Waals surface area (Å²) in [6.07, 6.45) is 1.61. The first-order valence-electron chi connectivity index (χ1n) is 6.39. The van der Waals surface area contributed by atoms with Crippen LogP contribution in [0.3, 0.4) is 0 Å². The summed E-state index contributed by atoms with van der Waals surface area (Å²) in [6.45, 7) is 0. The first-order chi connectivity index (χ1) is 10.7. The van der Waals surface area contributed by atoms with Crippen LogP contribution >= 0.6 is 11.8 Å². The Morgan fingerprint density at radius 1 is 1.18 bits per heavy atom. The number of nitro benzene ring substituents is 1. The highest BCUT2D eigenvalue weighted by atomic mass is 32.2. The van der Waals surface area contributed by atoms with Crippen LogP contribution in [0.1, 0.15) is 5.56 Å².